The number of benzene rings is 6. The first-order valence-electron chi connectivity index (χ1n) is 27.8. The summed E-state index contributed by atoms with van der Waals surface area (Å²) in [5.74, 6) is 0. The number of fused-ring (bicyclic) bond motifs is 9. The van der Waals surface area contributed by atoms with Crippen LogP contribution in [0, 0.1) is 6.92 Å². The number of nitrogens with zero attached hydrogens (tertiary/aromatic N) is 2. The lowest BCUT2D eigenvalue weighted by molar-refractivity contribution is -0.137. The van der Waals surface area contributed by atoms with Crippen LogP contribution in [-0.4, -0.2) is 6.71 Å². The summed E-state index contributed by atoms with van der Waals surface area (Å²) < 4.78 is 49.1. The third kappa shape index (κ3) is 7.60. The number of rotatable bonds is 3. The summed E-state index contributed by atoms with van der Waals surface area (Å²) in [5, 5.41) is 1.30. The van der Waals surface area contributed by atoms with Crippen molar-refractivity contribution in [3.8, 4) is 11.1 Å². The molecule has 3 heterocycles. The van der Waals surface area contributed by atoms with Crippen molar-refractivity contribution < 1.29 is 13.2 Å². The van der Waals surface area contributed by atoms with Gasteiger partial charge in [-0.2, -0.15) is 13.2 Å². The predicted octanol–water partition coefficient (Wildman–Crippen LogP) is 18.3. The maximum atomic E-state index is 15.5. The second-order valence-electron chi connectivity index (χ2n) is 28.5. The highest BCUT2D eigenvalue weighted by atomic mass is 32.1. The summed E-state index contributed by atoms with van der Waals surface area (Å²) in [4.78, 5) is 5.02. The third-order valence-corrected chi connectivity index (χ3v) is 20.7. The first kappa shape index (κ1) is 50.5. The Morgan fingerprint density at radius 3 is 1.60 bits per heavy atom. The van der Waals surface area contributed by atoms with Crippen molar-refractivity contribution in [1.29, 1.82) is 0 Å². The molecule has 5 aliphatic rings. The van der Waals surface area contributed by atoms with E-state index in [0.717, 1.165) is 78.1 Å². The molecule has 0 saturated carbocycles. The molecule has 75 heavy (non-hydrogen) atoms. The molecule has 0 bridgehead atoms. The van der Waals surface area contributed by atoms with Gasteiger partial charge in [-0.15, -0.1) is 11.3 Å². The smallest absolute Gasteiger partial charge is 0.311 e. The number of hydrogen-bond acceptors (Lipinski definition) is 3. The topological polar surface area (TPSA) is 6.48 Å². The molecule has 6 aromatic carbocycles. The third-order valence-electron chi connectivity index (χ3n) is 19.5. The standard InChI is InChI=1S/C68H76BF3N2S/c1-39-31-55-58-56(32-39)74(53-24-21-40(61(2,3)4)33-43(53)42-19-17-18-20-45(42)68(70,71)72)54-37-50-49(65(11,12)28-29-66(50,13)14)36-52(54)69(58)60-59(44-35-48-51(38-57(44)75-60)67(15,16)30-27-64(48,9)10)73(55)41-22-23-46-47(34-41)63(7,8)26-25-62(46,5)6/h17-24,31-38H,25-30H2,1-16H3. The van der Waals surface area contributed by atoms with Crippen LogP contribution in [0.25, 0.3) is 21.2 Å². The number of anilines is 6. The lowest BCUT2D eigenvalue weighted by Gasteiger charge is -2.47. The highest BCUT2D eigenvalue weighted by Crippen LogP contribution is 2.57. The van der Waals surface area contributed by atoms with Gasteiger partial charge in [0.15, 0.2) is 0 Å². The summed E-state index contributed by atoms with van der Waals surface area (Å²) in [6.07, 6.45) is 2.07. The molecule has 7 aromatic rings. The first-order valence-corrected chi connectivity index (χ1v) is 28.6. The van der Waals surface area contributed by atoms with Crippen LogP contribution in [0.5, 0.6) is 0 Å². The molecular weight excluding hydrogens is 945 g/mol. The maximum Gasteiger partial charge on any atom is 0.417 e. The van der Waals surface area contributed by atoms with E-state index in [1.807, 2.05) is 11.3 Å². The van der Waals surface area contributed by atoms with Crippen molar-refractivity contribution in [3.63, 3.8) is 0 Å². The van der Waals surface area contributed by atoms with Crippen molar-refractivity contribution >= 4 is 78.0 Å². The molecular formula is C68H76BF3N2S. The molecule has 0 spiro atoms. The lowest BCUT2D eigenvalue weighted by atomic mass is 9.35. The van der Waals surface area contributed by atoms with E-state index < -0.39 is 11.7 Å². The zero-order chi connectivity index (χ0) is 53.7. The average Bonchev–Trinajstić information content (AvgIpc) is 3.74. The van der Waals surface area contributed by atoms with Crippen LogP contribution in [-0.2, 0) is 44.1 Å². The van der Waals surface area contributed by atoms with E-state index in [1.54, 1.807) is 12.1 Å². The number of aryl methyl sites for hydroxylation is 1. The molecule has 0 saturated heterocycles. The van der Waals surface area contributed by atoms with Gasteiger partial charge in [-0.1, -0.05) is 140 Å². The van der Waals surface area contributed by atoms with E-state index in [0.29, 0.717) is 5.56 Å². The second-order valence-corrected chi connectivity index (χ2v) is 29.6. The predicted molar refractivity (Wildman–Crippen MR) is 316 cm³/mol. The van der Waals surface area contributed by atoms with Gasteiger partial charge in [0.1, 0.15) is 0 Å². The molecule has 0 fully saturated rings. The molecule has 2 nitrogen and oxygen atoms in total. The molecule has 2 aliphatic heterocycles. The van der Waals surface area contributed by atoms with Crippen LogP contribution in [0.15, 0.2) is 97.1 Å². The van der Waals surface area contributed by atoms with E-state index in [-0.39, 0.29) is 50.2 Å². The summed E-state index contributed by atoms with van der Waals surface area (Å²) in [6.45, 7) is 37.5. The SMILES string of the molecule is Cc1cc2c3c(c1)N(c1ccc4c(c1)C(C)(C)CCC4(C)C)c1c(sc4cc5c(cc14)C(C)(C)CCC5(C)C)B3c1cc3c(cc1N2c1ccc(C(C)(C)C)cc1-c1ccccc1C(F)(F)F)C(C)(C)CCC3(C)C. The van der Waals surface area contributed by atoms with E-state index in [1.165, 1.54) is 77.0 Å². The average molecular weight is 1020 g/mol. The number of thiophene rings is 1. The van der Waals surface area contributed by atoms with Gasteiger partial charge in [-0.3, -0.25) is 0 Å². The molecule has 3 aliphatic carbocycles. The number of hydrogen-bond donors (Lipinski definition) is 0. The lowest BCUT2D eigenvalue weighted by Crippen LogP contribution is -2.61. The van der Waals surface area contributed by atoms with Crippen molar-refractivity contribution in [3.05, 3.63) is 147 Å². The van der Waals surface area contributed by atoms with Gasteiger partial charge in [0.05, 0.1) is 16.9 Å². The van der Waals surface area contributed by atoms with Crippen LogP contribution in [0.1, 0.15) is 192 Å². The zero-order valence-electron chi connectivity index (χ0n) is 47.5. The van der Waals surface area contributed by atoms with Crippen molar-refractivity contribution in [2.24, 2.45) is 0 Å². The largest absolute Gasteiger partial charge is 0.417 e. The van der Waals surface area contributed by atoms with Gasteiger partial charge in [0.25, 0.3) is 6.71 Å². The van der Waals surface area contributed by atoms with Gasteiger partial charge in [-0.05, 0) is 205 Å². The Hall–Kier alpha value is -5.27. The summed E-state index contributed by atoms with van der Waals surface area (Å²) >= 11 is 1.97. The van der Waals surface area contributed by atoms with E-state index in [2.05, 4.69) is 193 Å². The molecule has 12 rings (SSSR count). The fourth-order valence-corrected chi connectivity index (χ4v) is 15.7. The Bertz CT molecular complexity index is 3570. The molecule has 0 atom stereocenters. The van der Waals surface area contributed by atoms with Gasteiger partial charge < -0.3 is 9.80 Å². The van der Waals surface area contributed by atoms with Gasteiger partial charge in [0, 0.05) is 43.2 Å². The second kappa shape index (κ2) is 15.9. The van der Waals surface area contributed by atoms with Crippen molar-refractivity contribution in [2.45, 2.75) is 193 Å². The van der Waals surface area contributed by atoms with Crippen LogP contribution in [0.2, 0.25) is 0 Å². The highest BCUT2D eigenvalue weighted by molar-refractivity contribution is 7.33. The number of alkyl halides is 3. The quantitative estimate of drug-likeness (QED) is 0.163. The monoisotopic (exact) mass is 1020 g/mol. The fourth-order valence-electron chi connectivity index (χ4n) is 14.4. The first-order chi connectivity index (χ1) is 34.8. The Labute approximate surface area is 450 Å². The van der Waals surface area contributed by atoms with Gasteiger partial charge in [0.2, 0.25) is 0 Å². The van der Waals surface area contributed by atoms with Crippen LogP contribution in [0.4, 0.5) is 47.3 Å². The van der Waals surface area contributed by atoms with Crippen molar-refractivity contribution in [1.82, 2.24) is 0 Å². The fraction of sp³-hybridized carbons (Fsp3) is 0.441. The molecule has 0 unspecified atom stereocenters. The molecule has 0 amide bonds. The molecule has 1 aromatic heterocycles. The van der Waals surface area contributed by atoms with Crippen molar-refractivity contribution in [2.75, 3.05) is 9.80 Å². The summed E-state index contributed by atoms with van der Waals surface area (Å²) in [7, 11) is 0. The Morgan fingerprint density at radius 1 is 0.493 bits per heavy atom. The van der Waals surface area contributed by atoms with E-state index in [9.17, 15) is 0 Å². The normalized spacial score (nSPS) is 20.2. The number of halogens is 3. The Balaban J connectivity index is 1.24. The van der Waals surface area contributed by atoms with Crippen LogP contribution in [0.3, 0.4) is 0 Å². The highest BCUT2D eigenvalue weighted by Gasteiger charge is 2.50. The van der Waals surface area contributed by atoms with Gasteiger partial charge >= 0.3 is 6.18 Å². The summed E-state index contributed by atoms with van der Waals surface area (Å²) in [6, 6.07) is 34.8. The Kier molecular flexibility index (Phi) is 10.7. The van der Waals surface area contributed by atoms with Crippen LogP contribution >= 0.6 is 11.3 Å². The minimum atomic E-state index is -4.56. The molecule has 0 N–H and O–H groups in total. The molecule has 388 valence electrons. The zero-order valence-corrected chi connectivity index (χ0v) is 48.3. The van der Waals surface area contributed by atoms with Crippen LogP contribution < -0.4 is 25.5 Å². The minimum absolute atomic E-state index is 0.0107. The maximum absolute atomic E-state index is 15.5. The minimum Gasteiger partial charge on any atom is -0.311 e. The van der Waals surface area contributed by atoms with E-state index >= 15 is 13.2 Å². The molecule has 0 radical (unpaired) electrons. The van der Waals surface area contributed by atoms with E-state index in [4.69, 9.17) is 0 Å². The van der Waals surface area contributed by atoms with Gasteiger partial charge in [-0.25, -0.2) is 0 Å². The summed E-state index contributed by atoms with van der Waals surface area (Å²) in [5.41, 5.74) is 19.1. The molecule has 7 heteroatoms. The Morgan fingerprint density at radius 2 is 1.01 bits per heavy atom.